The zero-order valence-corrected chi connectivity index (χ0v) is 12.1. The molecular formula is C15H21N3S. The summed E-state index contributed by atoms with van der Waals surface area (Å²) < 4.78 is 0. The summed E-state index contributed by atoms with van der Waals surface area (Å²) in [5.41, 5.74) is 7.85. The average Bonchev–Trinajstić information content (AvgIpc) is 2.95. The zero-order valence-electron chi connectivity index (χ0n) is 11.3. The molecule has 0 aliphatic heterocycles. The van der Waals surface area contributed by atoms with Gasteiger partial charge in [0.05, 0.1) is 6.04 Å². The van der Waals surface area contributed by atoms with Gasteiger partial charge in [-0.05, 0) is 43.5 Å². The summed E-state index contributed by atoms with van der Waals surface area (Å²) >= 11 is 1.72. The highest BCUT2D eigenvalue weighted by atomic mass is 32.1. The van der Waals surface area contributed by atoms with Gasteiger partial charge >= 0.3 is 0 Å². The average molecular weight is 275 g/mol. The molecule has 0 fully saturated rings. The molecule has 1 aromatic carbocycles. The van der Waals surface area contributed by atoms with Crippen LogP contribution in [0.15, 0.2) is 35.8 Å². The minimum absolute atomic E-state index is 0.395. The van der Waals surface area contributed by atoms with E-state index in [1.54, 1.807) is 11.3 Å². The van der Waals surface area contributed by atoms with Gasteiger partial charge in [-0.1, -0.05) is 19.1 Å². The van der Waals surface area contributed by atoms with Crippen LogP contribution in [0.3, 0.4) is 0 Å². The van der Waals surface area contributed by atoms with Crippen LogP contribution in [0.1, 0.15) is 36.4 Å². The van der Waals surface area contributed by atoms with Gasteiger partial charge in [-0.3, -0.25) is 0 Å². The van der Waals surface area contributed by atoms with Gasteiger partial charge in [0, 0.05) is 17.3 Å². The number of anilines is 1. The Morgan fingerprint density at radius 2 is 2.11 bits per heavy atom. The van der Waals surface area contributed by atoms with E-state index in [9.17, 15) is 0 Å². The largest absolute Gasteiger partial charge is 0.399 e. The van der Waals surface area contributed by atoms with E-state index in [4.69, 9.17) is 5.73 Å². The van der Waals surface area contributed by atoms with Gasteiger partial charge in [0.25, 0.3) is 0 Å². The van der Waals surface area contributed by atoms with Crippen LogP contribution in [-0.2, 0) is 6.42 Å². The molecule has 0 spiro atoms. The summed E-state index contributed by atoms with van der Waals surface area (Å²) in [4.78, 5) is 4.38. The van der Waals surface area contributed by atoms with Crippen molar-refractivity contribution in [2.24, 2.45) is 0 Å². The van der Waals surface area contributed by atoms with E-state index in [1.165, 1.54) is 10.6 Å². The Morgan fingerprint density at radius 1 is 1.32 bits per heavy atom. The van der Waals surface area contributed by atoms with E-state index in [0.29, 0.717) is 6.04 Å². The fourth-order valence-corrected chi connectivity index (χ4v) is 2.86. The molecule has 0 amide bonds. The van der Waals surface area contributed by atoms with E-state index in [1.807, 2.05) is 23.7 Å². The fraction of sp³-hybridized carbons (Fsp3) is 0.400. The number of nitrogen functional groups attached to an aromatic ring is 1. The molecular weight excluding hydrogens is 254 g/mol. The van der Waals surface area contributed by atoms with Gasteiger partial charge in [0.1, 0.15) is 5.01 Å². The number of thiazole rings is 1. The third-order valence-corrected chi connectivity index (χ3v) is 4.06. The molecule has 0 aliphatic carbocycles. The first-order valence-electron chi connectivity index (χ1n) is 6.76. The van der Waals surface area contributed by atoms with Crippen LogP contribution in [0.5, 0.6) is 0 Å². The van der Waals surface area contributed by atoms with Crippen molar-refractivity contribution < 1.29 is 0 Å². The van der Waals surface area contributed by atoms with Crippen LogP contribution in [0.2, 0.25) is 0 Å². The number of hydrogen-bond acceptors (Lipinski definition) is 4. The predicted octanol–water partition coefficient (Wildman–Crippen LogP) is 3.40. The van der Waals surface area contributed by atoms with Crippen molar-refractivity contribution in [3.63, 3.8) is 0 Å². The predicted molar refractivity (Wildman–Crippen MR) is 82.3 cm³/mol. The Labute approximate surface area is 118 Å². The molecule has 0 saturated carbocycles. The fourth-order valence-electron chi connectivity index (χ4n) is 2.07. The molecule has 0 bridgehead atoms. The lowest BCUT2D eigenvalue weighted by molar-refractivity contribution is 0.508. The summed E-state index contributed by atoms with van der Waals surface area (Å²) in [6, 6.07) is 8.53. The van der Waals surface area contributed by atoms with E-state index in [0.717, 1.165) is 31.5 Å². The van der Waals surface area contributed by atoms with Crippen molar-refractivity contribution in [1.82, 2.24) is 10.3 Å². The topological polar surface area (TPSA) is 50.9 Å². The van der Waals surface area contributed by atoms with Crippen LogP contribution in [-0.4, -0.2) is 11.5 Å². The number of nitrogens with one attached hydrogen (secondary N) is 1. The lowest BCUT2D eigenvalue weighted by atomic mass is 10.1. The van der Waals surface area contributed by atoms with Crippen molar-refractivity contribution in [2.75, 3.05) is 12.3 Å². The van der Waals surface area contributed by atoms with E-state index < -0.39 is 0 Å². The van der Waals surface area contributed by atoms with Crippen molar-refractivity contribution in [2.45, 2.75) is 32.2 Å². The second-order valence-electron chi connectivity index (χ2n) is 4.63. The number of aryl methyl sites for hydroxylation is 1. The number of aromatic nitrogens is 1. The standard InChI is InChI=1S/C15H21N3S/c1-2-14(15-18-10-11-19-15)17-9-3-4-12-5-7-13(16)8-6-12/h5-8,10-11,14,17H,2-4,9,16H2,1H3. The number of nitrogens with zero attached hydrogens (tertiary/aromatic N) is 1. The quantitative estimate of drug-likeness (QED) is 0.601. The van der Waals surface area contributed by atoms with Gasteiger partial charge in [0.15, 0.2) is 0 Å². The van der Waals surface area contributed by atoms with Crippen molar-refractivity contribution in [3.8, 4) is 0 Å². The Balaban J connectivity index is 1.72. The van der Waals surface area contributed by atoms with E-state index in [-0.39, 0.29) is 0 Å². The van der Waals surface area contributed by atoms with Gasteiger partial charge in [-0.25, -0.2) is 4.98 Å². The van der Waals surface area contributed by atoms with Crippen molar-refractivity contribution >= 4 is 17.0 Å². The molecule has 102 valence electrons. The molecule has 1 aromatic heterocycles. The lowest BCUT2D eigenvalue weighted by Gasteiger charge is -2.14. The Bertz CT molecular complexity index is 465. The van der Waals surface area contributed by atoms with Crippen molar-refractivity contribution in [1.29, 1.82) is 0 Å². The van der Waals surface area contributed by atoms with Crippen LogP contribution in [0.25, 0.3) is 0 Å². The molecule has 1 atom stereocenters. The summed E-state index contributed by atoms with van der Waals surface area (Å²) in [6.45, 7) is 3.21. The number of nitrogens with two attached hydrogens (primary N) is 1. The molecule has 1 unspecified atom stereocenters. The highest BCUT2D eigenvalue weighted by Gasteiger charge is 2.10. The van der Waals surface area contributed by atoms with Gasteiger partial charge in [-0.15, -0.1) is 11.3 Å². The van der Waals surface area contributed by atoms with Crippen LogP contribution in [0, 0.1) is 0 Å². The molecule has 0 saturated heterocycles. The van der Waals surface area contributed by atoms with Crippen LogP contribution in [0.4, 0.5) is 5.69 Å². The SMILES string of the molecule is CCC(NCCCc1ccc(N)cc1)c1nccs1. The highest BCUT2D eigenvalue weighted by molar-refractivity contribution is 7.09. The first kappa shape index (κ1) is 14.0. The highest BCUT2D eigenvalue weighted by Crippen LogP contribution is 2.18. The maximum absolute atomic E-state index is 5.68. The molecule has 1 heterocycles. The monoisotopic (exact) mass is 275 g/mol. The van der Waals surface area contributed by atoms with Gasteiger partial charge in [-0.2, -0.15) is 0 Å². The van der Waals surface area contributed by atoms with Gasteiger partial charge < -0.3 is 11.1 Å². The summed E-state index contributed by atoms with van der Waals surface area (Å²) in [5.74, 6) is 0. The molecule has 2 aromatic rings. The van der Waals surface area contributed by atoms with Gasteiger partial charge in [0.2, 0.25) is 0 Å². The molecule has 3 nitrogen and oxygen atoms in total. The lowest BCUT2D eigenvalue weighted by Crippen LogP contribution is -2.22. The smallest absolute Gasteiger partial charge is 0.109 e. The minimum atomic E-state index is 0.395. The van der Waals surface area contributed by atoms with Crippen LogP contribution < -0.4 is 11.1 Å². The molecule has 2 rings (SSSR count). The summed E-state index contributed by atoms with van der Waals surface area (Å²) in [7, 11) is 0. The molecule has 3 N–H and O–H groups in total. The molecule has 19 heavy (non-hydrogen) atoms. The number of rotatable bonds is 7. The molecule has 4 heteroatoms. The molecule has 0 aliphatic rings. The number of hydrogen-bond donors (Lipinski definition) is 2. The first-order chi connectivity index (χ1) is 9.29. The normalized spacial score (nSPS) is 12.5. The summed E-state index contributed by atoms with van der Waals surface area (Å²) in [6.07, 6.45) is 5.17. The summed E-state index contributed by atoms with van der Waals surface area (Å²) in [5, 5.41) is 6.80. The number of benzene rings is 1. The van der Waals surface area contributed by atoms with Crippen molar-refractivity contribution in [3.05, 3.63) is 46.4 Å². The Hall–Kier alpha value is -1.39. The minimum Gasteiger partial charge on any atom is -0.399 e. The third-order valence-electron chi connectivity index (χ3n) is 3.17. The van der Waals surface area contributed by atoms with E-state index >= 15 is 0 Å². The maximum atomic E-state index is 5.68. The Morgan fingerprint density at radius 3 is 2.74 bits per heavy atom. The second-order valence-corrected chi connectivity index (χ2v) is 5.56. The first-order valence-corrected chi connectivity index (χ1v) is 7.64. The Kier molecular flexibility index (Phi) is 5.36. The molecule has 0 radical (unpaired) electrons. The second kappa shape index (κ2) is 7.26. The van der Waals surface area contributed by atoms with E-state index in [2.05, 4.69) is 29.4 Å². The zero-order chi connectivity index (χ0) is 13.5. The third kappa shape index (κ3) is 4.33. The van der Waals surface area contributed by atoms with Crippen LogP contribution >= 0.6 is 11.3 Å². The maximum Gasteiger partial charge on any atom is 0.109 e.